The molecule has 0 bridgehead atoms. The lowest BCUT2D eigenvalue weighted by atomic mass is 10.0. The number of nitrogens with one attached hydrogen (secondary N) is 1. The number of esters is 1. The van der Waals surface area contributed by atoms with E-state index in [4.69, 9.17) is 13.8 Å². The van der Waals surface area contributed by atoms with Crippen molar-refractivity contribution in [3.8, 4) is 0 Å². The summed E-state index contributed by atoms with van der Waals surface area (Å²) in [6.45, 7) is 6.96. The molecule has 0 aliphatic carbocycles. The summed E-state index contributed by atoms with van der Waals surface area (Å²) < 4.78 is 30.7. The van der Waals surface area contributed by atoms with E-state index in [9.17, 15) is 19.0 Å². The molecular weight excluding hydrogens is 952 g/mol. The fourth-order valence-electron chi connectivity index (χ4n) is 8.74. The van der Waals surface area contributed by atoms with E-state index in [0.29, 0.717) is 23.9 Å². The van der Waals surface area contributed by atoms with Crippen LogP contribution in [-0.4, -0.2) is 74.3 Å². The van der Waals surface area contributed by atoms with Gasteiger partial charge in [-0.15, -0.1) is 0 Å². The van der Waals surface area contributed by atoms with E-state index in [0.717, 1.165) is 77.0 Å². The molecule has 2 N–H and O–H groups in total. The zero-order valence-corrected chi connectivity index (χ0v) is 50.7. The number of amides is 1. The number of carbonyl (C=O) groups excluding carboxylic acids is 2. The van der Waals surface area contributed by atoms with Crippen LogP contribution < -0.4 is 5.32 Å². The molecule has 1 amide bonds. The molecule has 0 spiro atoms. The monoisotopic (exact) mass is 1070 g/mol. The zero-order chi connectivity index (χ0) is 55.0. The first-order chi connectivity index (χ1) is 36.4. The van der Waals surface area contributed by atoms with Crippen LogP contribution in [0.5, 0.6) is 0 Å². The van der Waals surface area contributed by atoms with Gasteiger partial charge in [0, 0.05) is 12.8 Å². The number of phosphoric ester groups is 1. The number of hydrogen-bond donors (Lipinski definition) is 2. The molecule has 9 nitrogen and oxygen atoms in total. The summed E-state index contributed by atoms with van der Waals surface area (Å²) >= 11 is 0. The lowest BCUT2D eigenvalue weighted by molar-refractivity contribution is -0.870. The molecule has 3 atom stereocenters. The maximum absolute atomic E-state index is 13.5. The molecule has 0 aromatic rings. The summed E-state index contributed by atoms with van der Waals surface area (Å²) in [5, 5.41) is 3.05. The Morgan fingerprint density at radius 3 is 1.27 bits per heavy atom. The van der Waals surface area contributed by atoms with E-state index in [1.54, 1.807) is 0 Å². The Morgan fingerprint density at radius 1 is 0.467 bits per heavy atom. The van der Waals surface area contributed by atoms with Crippen LogP contribution in [0.15, 0.2) is 72.9 Å². The number of nitrogens with zero attached hydrogens (tertiary/aromatic N) is 1. The normalized spacial score (nSPS) is 14.2. The summed E-state index contributed by atoms with van der Waals surface area (Å²) in [7, 11) is 1.47. The molecular formula is C65H120N2O7P+. The van der Waals surface area contributed by atoms with Crippen molar-refractivity contribution in [3.05, 3.63) is 72.9 Å². The number of allylic oxidation sites excluding steroid dienone is 11. The van der Waals surface area contributed by atoms with Gasteiger partial charge in [-0.25, -0.2) is 4.57 Å². The second-order valence-corrected chi connectivity index (χ2v) is 23.7. The van der Waals surface area contributed by atoms with E-state index >= 15 is 0 Å². The molecule has 0 radical (unpaired) electrons. The highest BCUT2D eigenvalue weighted by atomic mass is 31.2. The minimum Gasteiger partial charge on any atom is -0.456 e. The van der Waals surface area contributed by atoms with Crippen molar-refractivity contribution in [3.63, 3.8) is 0 Å². The summed E-state index contributed by atoms with van der Waals surface area (Å²) in [6.07, 6.45) is 70.4. The highest BCUT2D eigenvalue weighted by Gasteiger charge is 2.30. The lowest BCUT2D eigenvalue weighted by Gasteiger charge is -2.27. The summed E-state index contributed by atoms with van der Waals surface area (Å²) in [5.41, 5.74) is 0. The predicted octanol–water partition coefficient (Wildman–Crippen LogP) is 19.2. The Kier molecular flexibility index (Phi) is 52.9. The second-order valence-electron chi connectivity index (χ2n) is 22.2. The van der Waals surface area contributed by atoms with Crippen LogP contribution in [-0.2, 0) is 27.9 Å². The minimum absolute atomic E-state index is 0.0325. The third kappa shape index (κ3) is 56.0. The smallest absolute Gasteiger partial charge is 0.456 e. The fraction of sp³-hybridized carbons (Fsp3) is 0.785. The number of quaternary nitrogens is 1. The van der Waals surface area contributed by atoms with Gasteiger partial charge in [0.1, 0.15) is 19.3 Å². The van der Waals surface area contributed by atoms with Gasteiger partial charge in [-0.3, -0.25) is 18.6 Å². The van der Waals surface area contributed by atoms with Crippen molar-refractivity contribution in [1.29, 1.82) is 0 Å². The van der Waals surface area contributed by atoms with Crippen LogP contribution in [0, 0.1) is 0 Å². The number of phosphoric acid groups is 1. The maximum atomic E-state index is 13.5. The largest absolute Gasteiger partial charge is 0.472 e. The molecule has 3 unspecified atom stereocenters. The molecule has 0 aromatic heterocycles. The van der Waals surface area contributed by atoms with E-state index < -0.39 is 20.0 Å². The van der Waals surface area contributed by atoms with Crippen LogP contribution in [0.1, 0.15) is 278 Å². The molecule has 0 rings (SSSR count). The number of likely N-dealkylation sites (N-methyl/N-ethyl adjacent to an activating group) is 1. The number of unbranched alkanes of at least 4 members (excludes halogenated alkanes) is 30. The summed E-state index contributed by atoms with van der Waals surface area (Å²) in [4.78, 5) is 37.7. The second kappa shape index (κ2) is 54.8. The van der Waals surface area contributed by atoms with E-state index in [1.165, 1.54) is 161 Å². The van der Waals surface area contributed by atoms with Gasteiger partial charge in [0.05, 0.1) is 33.8 Å². The average molecular weight is 1070 g/mol. The maximum Gasteiger partial charge on any atom is 0.472 e. The Morgan fingerprint density at radius 2 is 0.813 bits per heavy atom. The number of carbonyl (C=O) groups is 2. The quantitative estimate of drug-likeness (QED) is 0.0205. The highest BCUT2D eigenvalue weighted by Crippen LogP contribution is 2.43. The van der Waals surface area contributed by atoms with Gasteiger partial charge in [-0.2, -0.15) is 0 Å². The molecule has 0 saturated carbocycles. The molecule has 436 valence electrons. The van der Waals surface area contributed by atoms with Gasteiger partial charge in [-0.1, -0.05) is 235 Å². The average Bonchev–Trinajstić information content (AvgIpc) is 3.37. The zero-order valence-electron chi connectivity index (χ0n) is 49.8. The number of ether oxygens (including phenoxy) is 1. The van der Waals surface area contributed by atoms with Crippen molar-refractivity contribution in [1.82, 2.24) is 5.32 Å². The first kappa shape index (κ1) is 72.5. The number of rotatable bonds is 56. The molecule has 0 saturated heterocycles. The van der Waals surface area contributed by atoms with E-state index in [2.05, 4.69) is 86.8 Å². The van der Waals surface area contributed by atoms with Gasteiger partial charge < -0.3 is 19.4 Å². The lowest BCUT2D eigenvalue weighted by Crippen LogP contribution is -2.47. The standard InChI is InChI=1S/C65H119N2O7P/c1-7-10-13-16-19-22-25-27-29-31-33-35-37-39-42-45-48-51-54-57-64(68)66-62(61-73-75(70,71)72-60-59-67(4,5)6)63(56-53-50-47-44-41-24-21-18-15-12-9-3)74-65(69)58-55-52-49-46-43-40-38-36-34-32-30-28-26-23-20-17-14-11-8-2/h20,23,27-30,34,36,40,43,53,56,62-63H,7-19,21-22,24-26,31-33,35,37-39,41-42,44-52,54-55,57-61H2,1-6H3,(H-,66,68,70,71)/p+1/b23-20-,29-27+,30-28-,36-34-,43-40-,56-53+. The third-order valence-corrected chi connectivity index (χ3v) is 14.6. The van der Waals surface area contributed by atoms with Crippen LogP contribution in [0.25, 0.3) is 0 Å². The Balaban J connectivity index is 5.28. The van der Waals surface area contributed by atoms with Crippen molar-refractivity contribution in [2.45, 2.75) is 290 Å². The molecule has 75 heavy (non-hydrogen) atoms. The molecule has 0 aliphatic heterocycles. The van der Waals surface area contributed by atoms with Crippen LogP contribution in [0.4, 0.5) is 0 Å². The van der Waals surface area contributed by atoms with E-state index in [1.807, 2.05) is 33.3 Å². The molecule has 0 heterocycles. The van der Waals surface area contributed by atoms with Gasteiger partial charge in [0.15, 0.2) is 0 Å². The molecule has 0 fully saturated rings. The van der Waals surface area contributed by atoms with Crippen LogP contribution in [0.2, 0.25) is 0 Å². The Bertz CT molecular complexity index is 1510. The minimum atomic E-state index is -4.46. The van der Waals surface area contributed by atoms with Crippen molar-refractivity contribution >= 4 is 19.7 Å². The molecule has 0 aliphatic rings. The SMILES string of the molecule is CCCCC/C=C\C/C=C\C/C=C\C/C=C\CCCCCC(=O)OC(/C=C/CCCCCCCCCCC)C(COP(=O)(O)OCC[N+](C)(C)C)NC(=O)CCCCCCCCCCC/C=C/CCCCCCCC. The first-order valence-electron chi connectivity index (χ1n) is 31.3. The highest BCUT2D eigenvalue weighted by molar-refractivity contribution is 7.47. The van der Waals surface area contributed by atoms with Gasteiger partial charge in [0.25, 0.3) is 0 Å². The summed E-state index contributed by atoms with van der Waals surface area (Å²) in [5.74, 6) is -0.541. The van der Waals surface area contributed by atoms with Crippen LogP contribution >= 0.6 is 7.82 Å². The Labute approximate surface area is 463 Å². The first-order valence-corrected chi connectivity index (χ1v) is 32.8. The van der Waals surface area contributed by atoms with Crippen molar-refractivity contribution < 1.29 is 37.3 Å². The van der Waals surface area contributed by atoms with Crippen molar-refractivity contribution in [2.75, 3.05) is 40.9 Å². The predicted molar refractivity (Wildman–Crippen MR) is 323 cm³/mol. The van der Waals surface area contributed by atoms with E-state index in [-0.39, 0.29) is 31.5 Å². The molecule has 0 aromatic carbocycles. The number of hydrogen-bond acceptors (Lipinski definition) is 6. The summed E-state index contributed by atoms with van der Waals surface area (Å²) in [6, 6.07) is -0.864. The Hall–Kier alpha value is -2.55. The third-order valence-electron chi connectivity index (χ3n) is 13.6. The molecule has 10 heteroatoms. The van der Waals surface area contributed by atoms with Gasteiger partial charge in [0.2, 0.25) is 5.91 Å². The van der Waals surface area contributed by atoms with Gasteiger partial charge >= 0.3 is 13.8 Å². The fourth-order valence-corrected chi connectivity index (χ4v) is 9.48. The van der Waals surface area contributed by atoms with Crippen molar-refractivity contribution in [2.24, 2.45) is 0 Å². The van der Waals surface area contributed by atoms with Gasteiger partial charge in [-0.05, 0) is 102 Å². The van der Waals surface area contributed by atoms with Crippen LogP contribution in [0.3, 0.4) is 0 Å². The topological polar surface area (TPSA) is 111 Å².